The van der Waals surface area contributed by atoms with Crippen LogP contribution in [0.5, 0.6) is 11.5 Å². The van der Waals surface area contributed by atoms with Gasteiger partial charge in [-0.1, -0.05) is 18.1 Å². The van der Waals surface area contributed by atoms with Gasteiger partial charge in [-0.3, -0.25) is 0 Å². The Morgan fingerprint density at radius 2 is 2.04 bits per heavy atom. The molecule has 0 aromatic heterocycles. The van der Waals surface area contributed by atoms with Gasteiger partial charge in [0.2, 0.25) is 0 Å². The number of terminal acetylenes is 1. The van der Waals surface area contributed by atoms with Crippen LogP contribution in [0.15, 0.2) is 42.5 Å². The molecular formula is C20H14N2O2. The molecule has 4 heteroatoms. The van der Waals surface area contributed by atoms with Gasteiger partial charge in [0.15, 0.2) is 0 Å². The van der Waals surface area contributed by atoms with Crippen molar-refractivity contribution in [2.45, 2.75) is 0 Å². The average Bonchev–Trinajstić information content (AvgIpc) is 2.64. The summed E-state index contributed by atoms with van der Waals surface area (Å²) in [5.41, 5.74) is 2.22. The van der Waals surface area contributed by atoms with E-state index >= 15 is 0 Å². The highest BCUT2D eigenvalue weighted by Gasteiger charge is 2.08. The van der Waals surface area contributed by atoms with Crippen LogP contribution in [-0.2, 0) is 0 Å². The minimum absolute atomic E-state index is 0.124. The fourth-order valence-electron chi connectivity index (χ4n) is 2.11. The molecule has 0 saturated carbocycles. The number of rotatable bonds is 5. The van der Waals surface area contributed by atoms with Gasteiger partial charge in [0.05, 0.1) is 30.4 Å². The van der Waals surface area contributed by atoms with E-state index in [1.807, 2.05) is 0 Å². The molecule has 0 saturated heterocycles. The maximum Gasteiger partial charge on any atom is 0.148 e. The summed E-state index contributed by atoms with van der Waals surface area (Å²) in [6.45, 7) is 0.124. The van der Waals surface area contributed by atoms with Crippen LogP contribution in [0.1, 0.15) is 16.7 Å². The van der Waals surface area contributed by atoms with Crippen LogP contribution in [0.2, 0.25) is 0 Å². The first-order valence-electron chi connectivity index (χ1n) is 7.08. The van der Waals surface area contributed by atoms with Crippen molar-refractivity contribution < 1.29 is 9.47 Å². The molecule has 0 aliphatic rings. The molecule has 0 bridgehead atoms. The monoisotopic (exact) mass is 314 g/mol. The fourth-order valence-corrected chi connectivity index (χ4v) is 2.11. The zero-order valence-electron chi connectivity index (χ0n) is 13.1. The minimum atomic E-state index is 0.124. The molecule has 0 radical (unpaired) electrons. The van der Waals surface area contributed by atoms with Crippen LogP contribution in [0, 0.1) is 35.0 Å². The molecule has 0 unspecified atom stereocenters. The van der Waals surface area contributed by atoms with Crippen LogP contribution in [0.4, 0.5) is 0 Å². The summed E-state index contributed by atoms with van der Waals surface area (Å²) < 4.78 is 10.7. The lowest BCUT2D eigenvalue weighted by molar-refractivity contribution is 0.367. The second kappa shape index (κ2) is 8.08. The molecule has 0 N–H and O–H groups in total. The summed E-state index contributed by atoms with van der Waals surface area (Å²) >= 11 is 0. The molecule has 0 aliphatic heterocycles. The van der Waals surface area contributed by atoms with Crippen LogP contribution in [0.25, 0.3) is 11.6 Å². The van der Waals surface area contributed by atoms with Crippen molar-refractivity contribution in [2.24, 2.45) is 0 Å². The smallest absolute Gasteiger partial charge is 0.148 e. The number of nitrogens with zero attached hydrogens (tertiary/aromatic N) is 2. The molecule has 0 spiro atoms. The zero-order chi connectivity index (χ0) is 17.4. The predicted octanol–water partition coefficient (Wildman–Crippen LogP) is 3.64. The Morgan fingerprint density at radius 3 is 2.71 bits per heavy atom. The van der Waals surface area contributed by atoms with Gasteiger partial charge in [0.1, 0.15) is 18.1 Å². The fraction of sp³-hybridized carbons (Fsp3) is 0.100. The summed E-state index contributed by atoms with van der Waals surface area (Å²) in [6, 6.07) is 16.3. The molecule has 0 heterocycles. The van der Waals surface area contributed by atoms with Crippen molar-refractivity contribution in [3.05, 3.63) is 59.2 Å². The lowest BCUT2D eigenvalue weighted by atomic mass is 10.0. The molecule has 24 heavy (non-hydrogen) atoms. The maximum absolute atomic E-state index is 9.49. The summed E-state index contributed by atoms with van der Waals surface area (Å²) in [5, 5.41) is 18.5. The molecule has 2 aromatic carbocycles. The van der Waals surface area contributed by atoms with Crippen molar-refractivity contribution in [2.75, 3.05) is 13.7 Å². The van der Waals surface area contributed by atoms with E-state index in [2.05, 4.69) is 18.1 Å². The van der Waals surface area contributed by atoms with Crippen LogP contribution >= 0.6 is 0 Å². The zero-order valence-corrected chi connectivity index (χ0v) is 13.1. The highest BCUT2D eigenvalue weighted by atomic mass is 16.5. The average molecular weight is 314 g/mol. The molecule has 2 aromatic rings. The minimum Gasteiger partial charge on any atom is -0.497 e. The first-order valence-corrected chi connectivity index (χ1v) is 7.08. The molecule has 0 amide bonds. The van der Waals surface area contributed by atoms with Crippen molar-refractivity contribution in [1.82, 2.24) is 0 Å². The second-order valence-electron chi connectivity index (χ2n) is 4.76. The molecule has 4 nitrogen and oxygen atoms in total. The van der Waals surface area contributed by atoms with Crippen molar-refractivity contribution in [3.63, 3.8) is 0 Å². The van der Waals surface area contributed by atoms with Crippen LogP contribution in [0.3, 0.4) is 0 Å². The Hall–Kier alpha value is -3.68. The summed E-state index contributed by atoms with van der Waals surface area (Å²) in [4.78, 5) is 0. The van der Waals surface area contributed by atoms with Gasteiger partial charge in [-0.15, -0.1) is 6.42 Å². The number of methoxy groups -OCH3 is 1. The quantitative estimate of drug-likeness (QED) is 0.480. The molecular weight excluding hydrogens is 300 g/mol. The summed E-state index contributed by atoms with van der Waals surface area (Å²) in [5.74, 6) is 3.60. The normalized spacial score (nSPS) is 10.2. The van der Waals surface area contributed by atoms with E-state index in [4.69, 9.17) is 21.2 Å². The first kappa shape index (κ1) is 16.7. The van der Waals surface area contributed by atoms with Gasteiger partial charge in [-0.25, -0.2) is 0 Å². The van der Waals surface area contributed by atoms with Gasteiger partial charge in [0, 0.05) is 5.56 Å². The van der Waals surface area contributed by atoms with E-state index in [1.165, 1.54) is 0 Å². The van der Waals surface area contributed by atoms with E-state index in [-0.39, 0.29) is 6.61 Å². The maximum atomic E-state index is 9.49. The van der Waals surface area contributed by atoms with Gasteiger partial charge < -0.3 is 9.47 Å². The van der Waals surface area contributed by atoms with E-state index in [0.29, 0.717) is 33.8 Å². The van der Waals surface area contributed by atoms with Crippen molar-refractivity contribution in [3.8, 4) is 36.0 Å². The Bertz CT molecular complexity index is 893. The number of hydrogen-bond donors (Lipinski definition) is 0. The first-order chi connectivity index (χ1) is 11.7. The van der Waals surface area contributed by atoms with E-state index < -0.39 is 0 Å². The molecule has 0 aliphatic carbocycles. The van der Waals surface area contributed by atoms with Crippen molar-refractivity contribution >= 4 is 11.6 Å². The van der Waals surface area contributed by atoms with Gasteiger partial charge >= 0.3 is 0 Å². The predicted molar refractivity (Wildman–Crippen MR) is 92.0 cm³/mol. The lowest BCUT2D eigenvalue weighted by Crippen LogP contribution is -1.96. The Labute approximate surface area is 141 Å². The number of nitriles is 2. The number of hydrogen-bond acceptors (Lipinski definition) is 4. The van der Waals surface area contributed by atoms with Gasteiger partial charge in [0.25, 0.3) is 0 Å². The summed E-state index contributed by atoms with van der Waals surface area (Å²) in [7, 11) is 1.56. The highest BCUT2D eigenvalue weighted by Crippen LogP contribution is 2.28. The van der Waals surface area contributed by atoms with Crippen LogP contribution in [-0.4, -0.2) is 13.7 Å². The van der Waals surface area contributed by atoms with E-state index in [9.17, 15) is 5.26 Å². The SMILES string of the molecule is C#CCOc1ccc(OC)cc1C=C(C#N)c1cccc(C#N)c1. The van der Waals surface area contributed by atoms with Gasteiger partial charge in [-0.2, -0.15) is 10.5 Å². The highest BCUT2D eigenvalue weighted by molar-refractivity contribution is 5.91. The van der Waals surface area contributed by atoms with E-state index in [0.717, 1.165) is 0 Å². The third-order valence-electron chi connectivity index (χ3n) is 3.25. The molecule has 0 fully saturated rings. The van der Waals surface area contributed by atoms with Crippen molar-refractivity contribution in [1.29, 1.82) is 10.5 Å². The molecule has 116 valence electrons. The Morgan fingerprint density at radius 1 is 1.21 bits per heavy atom. The third kappa shape index (κ3) is 3.95. The van der Waals surface area contributed by atoms with Gasteiger partial charge in [-0.05, 0) is 42.0 Å². The summed E-state index contributed by atoms with van der Waals surface area (Å²) in [6.07, 6.45) is 6.92. The number of ether oxygens (including phenoxy) is 2. The lowest BCUT2D eigenvalue weighted by Gasteiger charge is -2.09. The number of benzene rings is 2. The largest absolute Gasteiger partial charge is 0.497 e. The van der Waals surface area contributed by atoms with E-state index in [1.54, 1.807) is 55.7 Å². The molecule has 2 rings (SSSR count). The third-order valence-corrected chi connectivity index (χ3v) is 3.25. The standard InChI is InChI=1S/C20H14N2O2/c1-3-9-24-20-8-7-19(23-2)12-17(20)11-18(14-22)16-6-4-5-15(10-16)13-21/h1,4-8,10-12H,9H2,2H3. The second-order valence-corrected chi connectivity index (χ2v) is 4.76. The Kier molecular flexibility index (Phi) is 5.62. The topological polar surface area (TPSA) is 66.0 Å². The van der Waals surface area contributed by atoms with Crippen LogP contribution < -0.4 is 9.47 Å². The Balaban J connectivity index is 2.51. The number of allylic oxidation sites excluding steroid dienone is 1. The molecule has 0 atom stereocenters.